The summed E-state index contributed by atoms with van der Waals surface area (Å²) in [5.74, 6) is -1.12. The maximum atomic E-state index is 14.3. The molecule has 0 spiro atoms. The third-order valence-corrected chi connectivity index (χ3v) is 8.60. The molecule has 0 radical (unpaired) electrons. The number of amides is 2. The molecule has 5 rings (SSSR count). The predicted octanol–water partition coefficient (Wildman–Crippen LogP) is 8.37. The molecule has 7 heteroatoms. The molecule has 44 heavy (non-hydrogen) atoms. The van der Waals surface area contributed by atoms with E-state index in [1.54, 1.807) is 0 Å². The second kappa shape index (κ2) is 15.0. The molecule has 0 fully saturated rings. The summed E-state index contributed by atoms with van der Waals surface area (Å²) in [6, 6.07) is 27.0. The maximum Gasteiger partial charge on any atom is 0.256 e. The van der Waals surface area contributed by atoms with Crippen molar-refractivity contribution in [2.24, 2.45) is 22.0 Å². The van der Waals surface area contributed by atoms with Crippen molar-refractivity contribution in [1.29, 1.82) is 0 Å². The number of benzene rings is 3. The zero-order chi connectivity index (χ0) is 30.9. The van der Waals surface area contributed by atoms with Crippen LogP contribution in [0.2, 0.25) is 0 Å². The number of hydrazone groups is 2. The Kier molecular flexibility index (Phi) is 10.6. The lowest BCUT2D eigenvalue weighted by molar-refractivity contribution is -0.122. The summed E-state index contributed by atoms with van der Waals surface area (Å²) >= 11 is 0. The van der Waals surface area contributed by atoms with E-state index in [4.69, 9.17) is 14.9 Å². The normalized spacial score (nSPS) is 18.9. The number of carbonyl (C=O) groups is 2. The van der Waals surface area contributed by atoms with Crippen LogP contribution in [-0.4, -0.2) is 29.8 Å². The van der Waals surface area contributed by atoms with Crippen LogP contribution in [0.4, 0.5) is 11.4 Å². The van der Waals surface area contributed by atoms with Crippen LogP contribution in [0, 0.1) is 11.8 Å². The van der Waals surface area contributed by atoms with E-state index in [9.17, 15) is 9.59 Å². The van der Waals surface area contributed by atoms with Crippen molar-refractivity contribution in [3.05, 3.63) is 90.5 Å². The van der Waals surface area contributed by atoms with Crippen molar-refractivity contribution in [3.63, 3.8) is 0 Å². The van der Waals surface area contributed by atoms with Gasteiger partial charge in [-0.15, -0.1) is 0 Å². The molecule has 2 aliphatic rings. The zero-order valence-electron chi connectivity index (χ0n) is 26.2. The second-order valence-electron chi connectivity index (χ2n) is 11.5. The van der Waals surface area contributed by atoms with Crippen LogP contribution in [0.5, 0.6) is 5.75 Å². The number of hydrogen-bond acceptors (Lipinski definition) is 5. The summed E-state index contributed by atoms with van der Waals surface area (Å²) < 4.78 is 6.08. The maximum absolute atomic E-state index is 14.3. The monoisotopic (exact) mass is 592 g/mol. The van der Waals surface area contributed by atoms with Gasteiger partial charge in [0.15, 0.2) is 0 Å². The third-order valence-electron chi connectivity index (χ3n) is 8.60. The van der Waals surface area contributed by atoms with Crippen LogP contribution >= 0.6 is 0 Å². The zero-order valence-corrected chi connectivity index (χ0v) is 26.2. The second-order valence-corrected chi connectivity index (χ2v) is 11.5. The van der Waals surface area contributed by atoms with E-state index in [0.29, 0.717) is 19.4 Å². The number of ether oxygens (including phenoxy) is 1. The number of hydrogen-bond donors (Lipinski definition) is 0. The highest BCUT2D eigenvalue weighted by Gasteiger charge is 2.51. The molecule has 3 aromatic rings. The van der Waals surface area contributed by atoms with Gasteiger partial charge >= 0.3 is 0 Å². The summed E-state index contributed by atoms with van der Waals surface area (Å²) in [6.45, 7) is 6.94. The Labute approximate surface area is 261 Å². The highest BCUT2D eigenvalue weighted by atomic mass is 16.5. The minimum absolute atomic E-state index is 0.122. The average Bonchev–Trinajstić information content (AvgIpc) is 3.58. The summed E-state index contributed by atoms with van der Waals surface area (Å²) in [5.41, 5.74) is 3.88. The summed E-state index contributed by atoms with van der Waals surface area (Å²) in [4.78, 5) is 28.5. The lowest BCUT2D eigenvalue weighted by Crippen LogP contribution is -2.40. The Morgan fingerprint density at radius 3 is 1.59 bits per heavy atom. The van der Waals surface area contributed by atoms with E-state index in [1.807, 2.05) is 98.8 Å². The molecule has 2 amide bonds. The molecule has 0 saturated heterocycles. The van der Waals surface area contributed by atoms with Gasteiger partial charge in [-0.1, -0.05) is 101 Å². The molecule has 0 N–H and O–H groups in total. The highest BCUT2D eigenvalue weighted by Crippen LogP contribution is 2.44. The van der Waals surface area contributed by atoms with Crippen molar-refractivity contribution >= 4 is 34.6 Å². The largest absolute Gasteiger partial charge is 0.494 e. The van der Waals surface area contributed by atoms with Gasteiger partial charge in [0.25, 0.3) is 11.8 Å². The van der Waals surface area contributed by atoms with Gasteiger partial charge in [-0.3, -0.25) is 9.59 Å². The molecular weight excluding hydrogens is 548 g/mol. The molecule has 2 unspecified atom stereocenters. The fourth-order valence-electron chi connectivity index (χ4n) is 6.28. The van der Waals surface area contributed by atoms with Crippen LogP contribution in [-0.2, 0) is 9.59 Å². The first-order chi connectivity index (χ1) is 21.6. The molecule has 7 nitrogen and oxygen atoms in total. The molecule has 0 bridgehead atoms. The number of nitrogens with zero attached hydrogens (tertiary/aromatic N) is 4. The van der Waals surface area contributed by atoms with Gasteiger partial charge in [-0.05, 0) is 61.2 Å². The Hall–Kier alpha value is -4.26. The van der Waals surface area contributed by atoms with Crippen LogP contribution < -0.4 is 14.8 Å². The van der Waals surface area contributed by atoms with E-state index in [0.717, 1.165) is 40.5 Å². The summed E-state index contributed by atoms with van der Waals surface area (Å²) in [5, 5.41) is 12.6. The Morgan fingerprint density at radius 2 is 1.11 bits per heavy atom. The van der Waals surface area contributed by atoms with E-state index >= 15 is 0 Å². The fraction of sp³-hybridized carbons (Fsp3) is 0.405. The first kappa shape index (κ1) is 31.2. The summed E-state index contributed by atoms with van der Waals surface area (Å²) in [7, 11) is 0. The number of para-hydroxylation sites is 2. The Bertz CT molecular complexity index is 1370. The Balaban J connectivity index is 1.45. The van der Waals surface area contributed by atoms with Gasteiger partial charge < -0.3 is 4.74 Å². The molecular formula is C37H44N4O3. The SMILES string of the molecule is CCCCCCCCOc1ccc(C(C2C(=O)N(c3ccccc3)N=C2CC)C2C(=O)N(c3ccccc3)N=C2CC)cc1. The van der Waals surface area contributed by atoms with Gasteiger partial charge in [-0.2, -0.15) is 10.2 Å². The fourth-order valence-corrected chi connectivity index (χ4v) is 6.28. The molecule has 2 aliphatic heterocycles. The molecule has 2 atom stereocenters. The standard InChI is InChI=1S/C37H44N4O3/c1-4-7-8-9-10-17-26-44-30-24-22-27(23-25-30)33(34-31(5-2)38-40(36(34)42)28-18-13-11-14-19-28)35-32(6-3)39-41(37(35)43)29-20-15-12-16-21-29/h11-16,18-25,33-35H,4-10,17,26H2,1-3H3. The minimum Gasteiger partial charge on any atom is -0.494 e. The van der Waals surface area contributed by atoms with E-state index < -0.39 is 17.8 Å². The van der Waals surface area contributed by atoms with Crippen LogP contribution in [0.15, 0.2) is 95.1 Å². The van der Waals surface area contributed by atoms with Gasteiger partial charge in [0, 0.05) is 5.92 Å². The van der Waals surface area contributed by atoms with Gasteiger partial charge in [-0.25, -0.2) is 10.0 Å². The quantitative estimate of drug-likeness (QED) is 0.166. The highest BCUT2D eigenvalue weighted by molar-refractivity contribution is 6.20. The van der Waals surface area contributed by atoms with Crippen LogP contribution in [0.1, 0.15) is 83.6 Å². The van der Waals surface area contributed by atoms with Crippen molar-refractivity contribution in [1.82, 2.24) is 0 Å². The van der Waals surface area contributed by atoms with E-state index in [1.165, 1.54) is 42.1 Å². The topological polar surface area (TPSA) is 74.6 Å². The van der Waals surface area contributed by atoms with Crippen molar-refractivity contribution in [2.75, 3.05) is 16.6 Å². The minimum atomic E-state index is -0.600. The molecule has 0 aromatic heterocycles. The molecule has 0 aliphatic carbocycles. The van der Waals surface area contributed by atoms with Gasteiger partial charge in [0.2, 0.25) is 0 Å². The van der Waals surface area contributed by atoms with Gasteiger partial charge in [0.05, 0.1) is 41.2 Å². The molecule has 2 heterocycles. The average molecular weight is 593 g/mol. The summed E-state index contributed by atoms with van der Waals surface area (Å²) in [6.07, 6.45) is 8.44. The molecule has 3 aromatic carbocycles. The van der Waals surface area contributed by atoms with Crippen molar-refractivity contribution in [2.45, 2.75) is 78.1 Å². The first-order valence-corrected chi connectivity index (χ1v) is 16.2. The lowest BCUT2D eigenvalue weighted by atomic mass is 9.71. The van der Waals surface area contributed by atoms with E-state index in [2.05, 4.69) is 6.92 Å². The van der Waals surface area contributed by atoms with Crippen LogP contribution in [0.25, 0.3) is 0 Å². The van der Waals surface area contributed by atoms with Crippen molar-refractivity contribution in [3.8, 4) is 5.75 Å². The lowest BCUT2D eigenvalue weighted by Gasteiger charge is -2.29. The van der Waals surface area contributed by atoms with E-state index in [-0.39, 0.29) is 11.8 Å². The molecule has 230 valence electrons. The van der Waals surface area contributed by atoms with Crippen LogP contribution in [0.3, 0.4) is 0 Å². The first-order valence-electron chi connectivity index (χ1n) is 16.2. The number of rotatable bonds is 15. The number of anilines is 2. The third kappa shape index (κ3) is 6.77. The molecule has 0 saturated carbocycles. The predicted molar refractivity (Wildman–Crippen MR) is 178 cm³/mol. The number of carbonyl (C=O) groups excluding carboxylic acids is 2. The Morgan fingerprint density at radius 1 is 0.636 bits per heavy atom. The number of unbranched alkanes of at least 4 members (excludes halogenated alkanes) is 5. The van der Waals surface area contributed by atoms with Crippen molar-refractivity contribution < 1.29 is 14.3 Å². The van der Waals surface area contributed by atoms with Gasteiger partial charge in [0.1, 0.15) is 5.75 Å². The smallest absolute Gasteiger partial charge is 0.256 e.